The predicted molar refractivity (Wildman–Crippen MR) is 73.8 cm³/mol. The summed E-state index contributed by atoms with van der Waals surface area (Å²) in [7, 11) is 0. The van der Waals surface area contributed by atoms with Crippen molar-refractivity contribution in [2.45, 2.75) is 13.2 Å². The number of amidine groups is 1. The van der Waals surface area contributed by atoms with Gasteiger partial charge in [0.15, 0.2) is 5.84 Å². The first-order valence-electron chi connectivity index (χ1n) is 6.19. The highest BCUT2D eigenvalue weighted by atomic mass is 19.1. The molecular formula is C15H14F2N2O2. The van der Waals surface area contributed by atoms with Crippen molar-refractivity contribution < 1.29 is 18.7 Å². The molecule has 0 aliphatic rings. The Morgan fingerprint density at radius 1 is 1.10 bits per heavy atom. The topological polar surface area (TPSA) is 67.8 Å². The summed E-state index contributed by atoms with van der Waals surface area (Å²) in [5, 5.41) is 11.5. The van der Waals surface area contributed by atoms with E-state index >= 15 is 0 Å². The number of ether oxygens (including phenoxy) is 1. The lowest BCUT2D eigenvalue weighted by atomic mass is 10.1. The first-order valence-corrected chi connectivity index (χ1v) is 6.19. The minimum Gasteiger partial charge on any atom is -0.409 e. The first kappa shape index (κ1) is 14.9. The van der Waals surface area contributed by atoms with E-state index in [2.05, 4.69) is 5.16 Å². The van der Waals surface area contributed by atoms with Gasteiger partial charge in [-0.05, 0) is 23.8 Å². The average molecular weight is 292 g/mol. The highest BCUT2D eigenvalue weighted by Crippen LogP contribution is 2.14. The fraction of sp³-hybridized carbons (Fsp3) is 0.133. The number of nitrogens with two attached hydrogens (primary N) is 1. The summed E-state index contributed by atoms with van der Waals surface area (Å²) in [4.78, 5) is 0. The Kier molecular flexibility index (Phi) is 4.84. The van der Waals surface area contributed by atoms with Crippen LogP contribution < -0.4 is 5.73 Å². The van der Waals surface area contributed by atoms with E-state index in [9.17, 15) is 8.78 Å². The number of benzene rings is 2. The van der Waals surface area contributed by atoms with Gasteiger partial charge in [0.05, 0.1) is 13.2 Å². The largest absolute Gasteiger partial charge is 0.409 e. The van der Waals surface area contributed by atoms with Crippen LogP contribution in [-0.2, 0) is 18.0 Å². The maximum Gasteiger partial charge on any atom is 0.170 e. The van der Waals surface area contributed by atoms with Gasteiger partial charge in [-0.1, -0.05) is 29.4 Å². The molecule has 2 aromatic rings. The number of nitrogens with zero attached hydrogens (tertiary/aromatic N) is 1. The molecule has 0 amide bonds. The molecule has 0 aliphatic carbocycles. The van der Waals surface area contributed by atoms with Crippen molar-refractivity contribution >= 4 is 5.84 Å². The molecular weight excluding hydrogens is 278 g/mol. The molecule has 0 saturated heterocycles. The third-order valence-corrected chi connectivity index (χ3v) is 2.93. The van der Waals surface area contributed by atoms with E-state index in [4.69, 9.17) is 15.7 Å². The molecule has 4 nitrogen and oxygen atoms in total. The van der Waals surface area contributed by atoms with Crippen LogP contribution in [0.4, 0.5) is 8.78 Å². The maximum atomic E-state index is 13.4. The molecule has 110 valence electrons. The van der Waals surface area contributed by atoms with E-state index in [0.29, 0.717) is 11.1 Å². The molecule has 0 radical (unpaired) electrons. The van der Waals surface area contributed by atoms with Crippen molar-refractivity contribution in [3.8, 4) is 0 Å². The second kappa shape index (κ2) is 6.81. The van der Waals surface area contributed by atoms with Crippen molar-refractivity contribution in [2.24, 2.45) is 10.9 Å². The molecule has 0 bridgehead atoms. The van der Waals surface area contributed by atoms with Gasteiger partial charge in [-0.2, -0.15) is 0 Å². The van der Waals surface area contributed by atoms with Crippen LogP contribution in [0.2, 0.25) is 0 Å². The third-order valence-electron chi connectivity index (χ3n) is 2.93. The summed E-state index contributed by atoms with van der Waals surface area (Å²) in [5.74, 6) is -1.07. The molecule has 0 saturated carbocycles. The highest BCUT2D eigenvalue weighted by Gasteiger charge is 2.09. The van der Waals surface area contributed by atoms with Crippen molar-refractivity contribution in [3.63, 3.8) is 0 Å². The van der Waals surface area contributed by atoms with Gasteiger partial charge >= 0.3 is 0 Å². The van der Waals surface area contributed by atoms with Crippen LogP contribution in [0, 0.1) is 11.6 Å². The normalized spacial score (nSPS) is 11.6. The number of halogens is 2. The van der Waals surface area contributed by atoms with Crippen LogP contribution in [-0.4, -0.2) is 11.0 Å². The zero-order valence-electron chi connectivity index (χ0n) is 11.1. The second-order valence-corrected chi connectivity index (χ2v) is 4.37. The molecule has 2 rings (SSSR count). The van der Waals surface area contributed by atoms with Crippen LogP contribution in [0.15, 0.2) is 47.6 Å². The average Bonchev–Trinajstić information content (AvgIpc) is 2.49. The van der Waals surface area contributed by atoms with Gasteiger partial charge in [0.25, 0.3) is 0 Å². The second-order valence-electron chi connectivity index (χ2n) is 4.37. The predicted octanol–water partition coefficient (Wildman–Crippen LogP) is 2.78. The van der Waals surface area contributed by atoms with Gasteiger partial charge < -0.3 is 15.7 Å². The van der Waals surface area contributed by atoms with Crippen LogP contribution in [0.25, 0.3) is 0 Å². The molecule has 6 heteroatoms. The van der Waals surface area contributed by atoms with Gasteiger partial charge in [0.1, 0.15) is 11.6 Å². The van der Waals surface area contributed by atoms with E-state index in [1.54, 1.807) is 18.2 Å². The Balaban J connectivity index is 2.08. The summed E-state index contributed by atoms with van der Waals surface area (Å²) in [5.41, 5.74) is 6.70. The van der Waals surface area contributed by atoms with Crippen LogP contribution in [0.1, 0.15) is 16.7 Å². The zero-order valence-corrected chi connectivity index (χ0v) is 11.1. The van der Waals surface area contributed by atoms with E-state index in [0.717, 1.165) is 6.07 Å². The molecule has 0 aromatic heterocycles. The van der Waals surface area contributed by atoms with E-state index in [1.807, 2.05) is 0 Å². The number of rotatable bonds is 5. The van der Waals surface area contributed by atoms with Gasteiger partial charge in [0.2, 0.25) is 0 Å². The number of hydrogen-bond donors (Lipinski definition) is 2. The monoisotopic (exact) mass is 292 g/mol. The Labute approximate surface area is 120 Å². The summed E-state index contributed by atoms with van der Waals surface area (Å²) in [6, 6.07) is 10.1. The van der Waals surface area contributed by atoms with Crippen LogP contribution >= 0.6 is 0 Å². The quantitative estimate of drug-likeness (QED) is 0.385. The van der Waals surface area contributed by atoms with E-state index < -0.39 is 5.82 Å². The smallest absolute Gasteiger partial charge is 0.170 e. The fourth-order valence-electron chi connectivity index (χ4n) is 1.85. The molecule has 0 fully saturated rings. The van der Waals surface area contributed by atoms with Crippen molar-refractivity contribution in [2.75, 3.05) is 0 Å². The molecule has 0 heterocycles. The van der Waals surface area contributed by atoms with E-state index in [1.165, 1.54) is 18.2 Å². The first-order chi connectivity index (χ1) is 10.1. The SMILES string of the molecule is NC(=NO)c1cc(F)ccc1COCc1ccccc1F. The zero-order chi connectivity index (χ0) is 15.2. The van der Waals surface area contributed by atoms with Crippen LogP contribution in [0.3, 0.4) is 0 Å². The number of oxime groups is 1. The Hall–Kier alpha value is -2.47. The maximum absolute atomic E-state index is 13.4. The third kappa shape index (κ3) is 3.76. The molecule has 3 N–H and O–H groups in total. The lowest BCUT2D eigenvalue weighted by Crippen LogP contribution is -2.16. The lowest BCUT2D eigenvalue weighted by molar-refractivity contribution is 0.104. The number of hydrogen-bond acceptors (Lipinski definition) is 3. The minimum absolute atomic E-state index is 0.0691. The fourth-order valence-corrected chi connectivity index (χ4v) is 1.85. The minimum atomic E-state index is -0.505. The van der Waals surface area contributed by atoms with Gasteiger partial charge in [0, 0.05) is 11.1 Å². The van der Waals surface area contributed by atoms with E-state index in [-0.39, 0.29) is 30.4 Å². The standard InChI is InChI=1S/C15H14F2N2O2/c16-12-6-5-10(13(7-12)15(18)19-20)8-21-9-11-3-1-2-4-14(11)17/h1-7,20H,8-9H2,(H2,18,19). The molecule has 2 aromatic carbocycles. The Morgan fingerprint density at radius 3 is 2.52 bits per heavy atom. The Bertz CT molecular complexity index is 660. The summed E-state index contributed by atoms with van der Waals surface area (Å²) >= 11 is 0. The highest BCUT2D eigenvalue weighted by molar-refractivity contribution is 5.98. The van der Waals surface area contributed by atoms with Gasteiger partial charge in [-0.15, -0.1) is 0 Å². The van der Waals surface area contributed by atoms with Crippen molar-refractivity contribution in [3.05, 3.63) is 70.8 Å². The molecule has 0 aliphatic heterocycles. The summed E-state index contributed by atoms with van der Waals surface area (Å²) < 4.78 is 32.0. The molecule has 0 unspecified atom stereocenters. The van der Waals surface area contributed by atoms with Gasteiger partial charge in [-0.3, -0.25) is 0 Å². The van der Waals surface area contributed by atoms with Gasteiger partial charge in [-0.25, -0.2) is 8.78 Å². The summed E-state index contributed by atoms with van der Waals surface area (Å²) in [6.07, 6.45) is 0. The Morgan fingerprint density at radius 2 is 1.81 bits per heavy atom. The molecule has 0 atom stereocenters. The van der Waals surface area contributed by atoms with Crippen molar-refractivity contribution in [1.82, 2.24) is 0 Å². The summed E-state index contributed by atoms with van der Waals surface area (Å²) in [6.45, 7) is 0.153. The van der Waals surface area contributed by atoms with Crippen molar-refractivity contribution in [1.29, 1.82) is 0 Å². The molecule has 0 spiro atoms. The molecule has 21 heavy (non-hydrogen) atoms. The lowest BCUT2D eigenvalue weighted by Gasteiger charge is -2.10. The van der Waals surface area contributed by atoms with Crippen LogP contribution in [0.5, 0.6) is 0 Å².